The van der Waals surface area contributed by atoms with Gasteiger partial charge in [0, 0.05) is 0 Å². The molecule has 0 amide bonds. The molecule has 2 rings (SSSR count). The van der Waals surface area contributed by atoms with E-state index in [0.29, 0.717) is 28.6 Å². The molecule has 0 fully saturated rings. The van der Waals surface area contributed by atoms with Crippen molar-refractivity contribution in [3.63, 3.8) is 0 Å². The Morgan fingerprint density at radius 1 is 0.759 bits per heavy atom. The molecule has 29 heavy (non-hydrogen) atoms. The van der Waals surface area contributed by atoms with Crippen molar-refractivity contribution in [3.05, 3.63) is 47.5 Å². The van der Waals surface area contributed by atoms with Crippen molar-refractivity contribution in [1.82, 2.24) is 0 Å². The molecule has 0 aliphatic heterocycles. The molecule has 0 aromatic heterocycles. The molecule has 7 nitrogen and oxygen atoms in total. The summed E-state index contributed by atoms with van der Waals surface area (Å²) in [5.41, 5.74) is 0.906. The van der Waals surface area contributed by atoms with Crippen LogP contribution in [0.15, 0.2) is 36.4 Å². The zero-order valence-corrected chi connectivity index (χ0v) is 17.5. The number of esters is 1. The maximum absolute atomic E-state index is 12.8. The summed E-state index contributed by atoms with van der Waals surface area (Å²) in [7, 11) is 6.04. The van der Waals surface area contributed by atoms with Crippen LogP contribution in [0.4, 0.5) is 0 Å². The first-order valence-corrected chi connectivity index (χ1v) is 9.01. The average Bonchev–Trinajstić information content (AvgIpc) is 2.75. The number of carbonyl (C=O) groups is 2. The van der Waals surface area contributed by atoms with Crippen molar-refractivity contribution >= 4 is 11.8 Å². The molecule has 2 aromatic carbocycles. The highest BCUT2D eigenvalue weighted by Gasteiger charge is 2.28. The predicted octanol–water partition coefficient (Wildman–Crippen LogP) is 3.84. The molecule has 0 saturated carbocycles. The van der Waals surface area contributed by atoms with E-state index in [0.717, 1.165) is 0 Å². The zero-order valence-electron chi connectivity index (χ0n) is 17.5. The second-order valence-corrected chi connectivity index (χ2v) is 6.41. The van der Waals surface area contributed by atoms with Crippen LogP contribution >= 0.6 is 0 Å². The second-order valence-electron chi connectivity index (χ2n) is 6.41. The molecule has 7 heteroatoms. The van der Waals surface area contributed by atoms with Gasteiger partial charge in [-0.25, -0.2) is 4.79 Å². The van der Waals surface area contributed by atoms with Crippen molar-refractivity contribution in [2.75, 3.05) is 28.4 Å². The van der Waals surface area contributed by atoms with Crippen molar-refractivity contribution in [2.24, 2.45) is 5.92 Å². The molecular weight excluding hydrogens is 376 g/mol. The Morgan fingerprint density at radius 3 is 1.79 bits per heavy atom. The van der Waals surface area contributed by atoms with Gasteiger partial charge in [-0.05, 0) is 42.8 Å². The number of rotatable bonds is 9. The maximum atomic E-state index is 12.8. The Morgan fingerprint density at radius 2 is 1.28 bits per heavy atom. The Kier molecular flexibility index (Phi) is 7.47. The van der Waals surface area contributed by atoms with Crippen molar-refractivity contribution < 1.29 is 33.3 Å². The van der Waals surface area contributed by atoms with Crippen LogP contribution in [0.1, 0.15) is 35.9 Å². The molecule has 0 heterocycles. The van der Waals surface area contributed by atoms with E-state index in [9.17, 15) is 9.59 Å². The molecule has 0 aliphatic carbocycles. The largest absolute Gasteiger partial charge is 0.493 e. The van der Waals surface area contributed by atoms with Crippen LogP contribution in [-0.2, 0) is 9.53 Å². The number of Topliss-reactive ketones (excluding diaryl/α,β-unsaturated/α-hetero) is 1. The first-order valence-electron chi connectivity index (χ1n) is 9.01. The number of hydrogen-bond donors (Lipinski definition) is 0. The van der Waals surface area contributed by atoms with Gasteiger partial charge in [-0.3, -0.25) is 4.79 Å². The van der Waals surface area contributed by atoms with Gasteiger partial charge in [0.05, 0.1) is 39.9 Å². The normalized spacial score (nSPS) is 12.5. The molecule has 0 bridgehead atoms. The van der Waals surface area contributed by atoms with Gasteiger partial charge in [-0.15, -0.1) is 0 Å². The number of ether oxygens (including phenoxy) is 5. The molecule has 0 radical (unpaired) electrons. The fourth-order valence-electron chi connectivity index (χ4n) is 2.85. The van der Waals surface area contributed by atoms with Gasteiger partial charge in [-0.1, -0.05) is 13.0 Å². The summed E-state index contributed by atoms with van der Waals surface area (Å²) >= 11 is 0. The monoisotopic (exact) mass is 402 g/mol. The van der Waals surface area contributed by atoms with E-state index in [1.54, 1.807) is 37.3 Å². The van der Waals surface area contributed by atoms with Gasteiger partial charge in [0.2, 0.25) is 0 Å². The number of methoxy groups -OCH3 is 4. The van der Waals surface area contributed by atoms with Crippen LogP contribution in [0.2, 0.25) is 0 Å². The SMILES string of the molecule is COc1ccc(C(=O)OC(c2ccc(OC)c(OC)c2)[C@@H](C)C(C)=O)cc1OC. The van der Waals surface area contributed by atoms with Gasteiger partial charge in [0.15, 0.2) is 23.0 Å². The summed E-state index contributed by atoms with van der Waals surface area (Å²) in [5.74, 6) is 0.673. The molecule has 2 aromatic rings. The molecule has 0 saturated heterocycles. The Labute approximate surface area is 170 Å². The highest BCUT2D eigenvalue weighted by Crippen LogP contribution is 2.35. The van der Waals surface area contributed by atoms with Crippen LogP contribution in [0, 0.1) is 5.92 Å². The minimum absolute atomic E-state index is 0.107. The minimum atomic E-state index is -0.798. The van der Waals surface area contributed by atoms with Crippen LogP contribution in [0.5, 0.6) is 23.0 Å². The number of hydrogen-bond acceptors (Lipinski definition) is 7. The summed E-state index contributed by atoms with van der Waals surface area (Å²) in [6.45, 7) is 3.17. The van der Waals surface area contributed by atoms with E-state index >= 15 is 0 Å². The second kappa shape index (κ2) is 9.82. The van der Waals surface area contributed by atoms with Crippen LogP contribution in [0.3, 0.4) is 0 Å². The average molecular weight is 402 g/mol. The van der Waals surface area contributed by atoms with E-state index < -0.39 is 18.0 Å². The lowest BCUT2D eigenvalue weighted by Crippen LogP contribution is -2.23. The summed E-state index contributed by atoms with van der Waals surface area (Å²) < 4.78 is 26.8. The van der Waals surface area contributed by atoms with Gasteiger partial charge in [0.25, 0.3) is 0 Å². The first kappa shape index (κ1) is 22.1. The number of carbonyl (C=O) groups excluding carboxylic acids is 2. The highest BCUT2D eigenvalue weighted by atomic mass is 16.5. The quantitative estimate of drug-likeness (QED) is 0.590. The fraction of sp³-hybridized carbons (Fsp3) is 0.364. The van der Waals surface area contributed by atoms with E-state index in [2.05, 4.69) is 0 Å². The summed E-state index contributed by atoms with van der Waals surface area (Å²) in [6.07, 6.45) is -0.798. The van der Waals surface area contributed by atoms with E-state index in [-0.39, 0.29) is 11.3 Å². The van der Waals surface area contributed by atoms with Gasteiger partial charge in [0.1, 0.15) is 11.9 Å². The lowest BCUT2D eigenvalue weighted by atomic mass is 9.93. The molecule has 1 unspecified atom stereocenters. The predicted molar refractivity (Wildman–Crippen MR) is 107 cm³/mol. The van der Waals surface area contributed by atoms with Gasteiger partial charge < -0.3 is 23.7 Å². The van der Waals surface area contributed by atoms with Crippen LogP contribution in [-0.4, -0.2) is 40.2 Å². The summed E-state index contributed by atoms with van der Waals surface area (Å²) in [4.78, 5) is 24.9. The molecule has 0 N–H and O–H groups in total. The lowest BCUT2D eigenvalue weighted by Gasteiger charge is -2.24. The number of benzene rings is 2. The minimum Gasteiger partial charge on any atom is -0.493 e. The molecule has 0 aliphatic rings. The standard InChI is InChI=1S/C22H26O7/c1-13(14(2)23)21(15-7-9-17(25-3)19(11-15)27-5)29-22(24)16-8-10-18(26-4)20(12-16)28-6/h7-13,21H,1-6H3/t13-,21?/m0/s1. The third-order valence-corrected chi connectivity index (χ3v) is 4.68. The number of ketones is 1. The Bertz CT molecular complexity index is 875. The van der Waals surface area contributed by atoms with Crippen LogP contribution < -0.4 is 18.9 Å². The zero-order chi connectivity index (χ0) is 21.6. The molecule has 2 atom stereocenters. The van der Waals surface area contributed by atoms with Gasteiger partial charge >= 0.3 is 5.97 Å². The fourth-order valence-corrected chi connectivity index (χ4v) is 2.85. The summed E-state index contributed by atoms with van der Waals surface area (Å²) in [5, 5.41) is 0. The summed E-state index contributed by atoms with van der Waals surface area (Å²) in [6, 6.07) is 9.88. The molecule has 0 spiro atoms. The maximum Gasteiger partial charge on any atom is 0.338 e. The van der Waals surface area contributed by atoms with Crippen LogP contribution in [0.25, 0.3) is 0 Å². The van der Waals surface area contributed by atoms with Crippen molar-refractivity contribution in [1.29, 1.82) is 0 Å². The van der Waals surface area contributed by atoms with Crippen molar-refractivity contribution in [2.45, 2.75) is 20.0 Å². The molecular formula is C22H26O7. The van der Waals surface area contributed by atoms with Gasteiger partial charge in [-0.2, -0.15) is 0 Å². The van der Waals surface area contributed by atoms with Crippen molar-refractivity contribution in [3.8, 4) is 23.0 Å². The first-order chi connectivity index (χ1) is 13.9. The lowest BCUT2D eigenvalue weighted by molar-refractivity contribution is -0.123. The van der Waals surface area contributed by atoms with E-state index in [1.807, 2.05) is 0 Å². The topological polar surface area (TPSA) is 80.3 Å². The highest BCUT2D eigenvalue weighted by molar-refractivity contribution is 5.91. The Hall–Kier alpha value is -3.22. The third-order valence-electron chi connectivity index (χ3n) is 4.68. The van der Waals surface area contributed by atoms with E-state index in [1.165, 1.54) is 41.4 Å². The smallest absolute Gasteiger partial charge is 0.338 e. The third kappa shape index (κ3) is 4.99. The molecule has 156 valence electrons. The Balaban J connectivity index is 2.39. The van der Waals surface area contributed by atoms with E-state index in [4.69, 9.17) is 23.7 Å².